The Kier molecular flexibility index (Phi) is 2.71. The lowest BCUT2D eigenvalue weighted by molar-refractivity contribution is 0.460. The lowest BCUT2D eigenvalue weighted by Crippen LogP contribution is -1.77. The number of nitrogens with zero attached hydrogens (tertiary/aromatic N) is 1. The Morgan fingerprint density at radius 2 is 1.77 bits per heavy atom. The Labute approximate surface area is 129 Å². The summed E-state index contributed by atoms with van der Waals surface area (Å²) in [7, 11) is 0. The van der Waals surface area contributed by atoms with Crippen LogP contribution < -0.4 is 0 Å². The summed E-state index contributed by atoms with van der Waals surface area (Å²) in [5.41, 5.74) is 2.74. The molecule has 0 aliphatic carbocycles. The van der Waals surface area contributed by atoms with Crippen molar-refractivity contribution in [2.45, 2.75) is 0 Å². The van der Waals surface area contributed by atoms with E-state index in [9.17, 15) is 10.0 Å². The van der Waals surface area contributed by atoms with Gasteiger partial charge < -0.3 is 15.1 Å². The number of nitrogens with one attached hydrogen (secondary N) is 2. The van der Waals surface area contributed by atoms with E-state index in [2.05, 4.69) is 15.1 Å². The van der Waals surface area contributed by atoms with Gasteiger partial charge in [0.1, 0.15) is 5.69 Å². The van der Waals surface area contributed by atoms with Crippen molar-refractivity contribution in [1.82, 2.24) is 9.97 Å². The number of hydrogen-bond donors (Lipinski definition) is 3. The van der Waals surface area contributed by atoms with Crippen molar-refractivity contribution in [3.05, 3.63) is 52.4 Å². The van der Waals surface area contributed by atoms with Gasteiger partial charge in [-0.05, 0) is 29.4 Å². The minimum Gasteiger partial charge on any atom is -0.494 e. The summed E-state index contributed by atoms with van der Waals surface area (Å²) < 4.78 is 0. The molecule has 0 aliphatic rings. The fraction of sp³-hybridized carbons (Fsp3) is 0. The van der Waals surface area contributed by atoms with Crippen molar-refractivity contribution in [3.8, 4) is 17.1 Å². The third-order valence-electron chi connectivity index (χ3n) is 3.76. The van der Waals surface area contributed by atoms with Crippen molar-refractivity contribution >= 4 is 39.1 Å². The molecule has 0 atom stereocenters. The highest BCUT2D eigenvalue weighted by atomic mass is 35.5. The molecular formula is C16H10ClN3O2. The van der Waals surface area contributed by atoms with Gasteiger partial charge in [0.05, 0.1) is 11.3 Å². The Morgan fingerprint density at radius 3 is 2.59 bits per heavy atom. The quantitative estimate of drug-likeness (QED) is 0.451. The number of fused-ring (bicyclic) bond motifs is 2. The van der Waals surface area contributed by atoms with Gasteiger partial charge in [0.15, 0.2) is 5.88 Å². The first-order chi connectivity index (χ1) is 10.7. The third kappa shape index (κ3) is 1.72. The van der Waals surface area contributed by atoms with Crippen molar-refractivity contribution in [2.24, 2.45) is 5.18 Å². The molecular weight excluding hydrogens is 302 g/mol. The fourth-order valence-corrected chi connectivity index (χ4v) is 2.98. The highest BCUT2D eigenvalue weighted by Gasteiger charge is 2.21. The van der Waals surface area contributed by atoms with Gasteiger partial charge >= 0.3 is 0 Å². The van der Waals surface area contributed by atoms with E-state index in [1.54, 1.807) is 18.2 Å². The van der Waals surface area contributed by atoms with E-state index < -0.39 is 0 Å². The molecule has 0 radical (unpaired) electrons. The number of aromatic hydroxyl groups is 1. The van der Waals surface area contributed by atoms with Gasteiger partial charge in [-0.3, -0.25) is 0 Å². The second kappa shape index (κ2) is 4.61. The summed E-state index contributed by atoms with van der Waals surface area (Å²) >= 11 is 6.05. The number of rotatable bonds is 2. The standard InChI is InChI=1S/C16H10ClN3O2/c17-8-5-6-12-10(7-8)13(16(21)19-12)15-14(20-22)9-3-1-2-4-11(9)18-15/h1-7,18-19,21H. The van der Waals surface area contributed by atoms with Crippen LogP contribution >= 0.6 is 11.6 Å². The normalized spacial score (nSPS) is 11.3. The predicted octanol–water partition coefficient (Wildman–Crippen LogP) is 5.07. The maximum Gasteiger partial charge on any atom is 0.199 e. The molecule has 0 amide bonds. The number of aromatic amines is 2. The summed E-state index contributed by atoms with van der Waals surface area (Å²) in [5, 5.41) is 15.4. The molecule has 2 aromatic carbocycles. The van der Waals surface area contributed by atoms with Crippen LogP contribution in [0.2, 0.25) is 5.02 Å². The molecule has 108 valence electrons. The fourth-order valence-electron chi connectivity index (χ4n) is 2.81. The van der Waals surface area contributed by atoms with E-state index in [0.717, 1.165) is 16.4 Å². The molecule has 22 heavy (non-hydrogen) atoms. The zero-order valence-electron chi connectivity index (χ0n) is 11.2. The van der Waals surface area contributed by atoms with Crippen LogP contribution in [-0.2, 0) is 0 Å². The Balaban J connectivity index is 2.13. The maximum atomic E-state index is 11.3. The van der Waals surface area contributed by atoms with Crippen LogP contribution in [-0.4, -0.2) is 15.1 Å². The second-order valence-electron chi connectivity index (χ2n) is 5.02. The number of hydrogen-bond acceptors (Lipinski definition) is 3. The second-order valence-corrected chi connectivity index (χ2v) is 5.46. The van der Waals surface area contributed by atoms with Crippen LogP contribution in [0.15, 0.2) is 47.6 Å². The third-order valence-corrected chi connectivity index (χ3v) is 4.00. The highest BCUT2D eigenvalue weighted by molar-refractivity contribution is 6.31. The van der Waals surface area contributed by atoms with Crippen LogP contribution in [0.3, 0.4) is 0 Å². The number of aromatic nitrogens is 2. The van der Waals surface area contributed by atoms with Crippen LogP contribution in [0.4, 0.5) is 5.69 Å². The summed E-state index contributed by atoms with van der Waals surface area (Å²) in [6.45, 7) is 0. The van der Waals surface area contributed by atoms with Crippen LogP contribution in [0.1, 0.15) is 0 Å². The van der Waals surface area contributed by atoms with Crippen LogP contribution in [0.25, 0.3) is 33.1 Å². The molecule has 0 saturated heterocycles. The summed E-state index contributed by atoms with van der Waals surface area (Å²) in [6, 6.07) is 12.6. The van der Waals surface area contributed by atoms with Crippen molar-refractivity contribution in [1.29, 1.82) is 0 Å². The smallest absolute Gasteiger partial charge is 0.199 e. The average Bonchev–Trinajstić information content (AvgIpc) is 3.03. The van der Waals surface area contributed by atoms with E-state index in [1.807, 2.05) is 24.3 Å². The van der Waals surface area contributed by atoms with Gasteiger partial charge in [-0.15, -0.1) is 4.91 Å². The maximum absolute atomic E-state index is 11.3. The van der Waals surface area contributed by atoms with Gasteiger partial charge in [-0.1, -0.05) is 29.8 Å². The minimum absolute atomic E-state index is 0.0336. The molecule has 4 aromatic rings. The number of para-hydroxylation sites is 1. The minimum atomic E-state index is -0.0336. The van der Waals surface area contributed by atoms with Crippen molar-refractivity contribution in [3.63, 3.8) is 0 Å². The number of halogens is 1. The molecule has 2 heterocycles. The zero-order valence-corrected chi connectivity index (χ0v) is 12.0. The SMILES string of the molecule is O=Nc1c(-c2c(O)[nH]c3ccc(Cl)cc23)[nH]c2ccccc12. The summed E-state index contributed by atoms with van der Waals surface area (Å²) in [4.78, 5) is 17.4. The molecule has 2 aromatic heterocycles. The van der Waals surface area contributed by atoms with Crippen molar-refractivity contribution in [2.75, 3.05) is 0 Å². The van der Waals surface area contributed by atoms with Gasteiger partial charge in [0.25, 0.3) is 0 Å². The number of H-pyrrole nitrogens is 2. The van der Waals surface area contributed by atoms with Gasteiger partial charge in [-0.2, -0.15) is 0 Å². The van der Waals surface area contributed by atoms with Gasteiger partial charge in [0, 0.05) is 26.8 Å². The lowest BCUT2D eigenvalue weighted by atomic mass is 10.1. The Hall–Kier alpha value is -2.79. The largest absolute Gasteiger partial charge is 0.494 e. The molecule has 0 unspecified atom stereocenters. The molecule has 0 aliphatic heterocycles. The molecule has 0 bridgehead atoms. The molecule has 0 fully saturated rings. The predicted molar refractivity (Wildman–Crippen MR) is 87.7 cm³/mol. The summed E-state index contributed by atoms with van der Waals surface area (Å²) in [6.07, 6.45) is 0. The molecule has 5 nitrogen and oxygen atoms in total. The molecule has 4 rings (SSSR count). The monoisotopic (exact) mass is 311 g/mol. The van der Waals surface area contributed by atoms with E-state index in [1.165, 1.54) is 0 Å². The van der Waals surface area contributed by atoms with E-state index >= 15 is 0 Å². The van der Waals surface area contributed by atoms with Gasteiger partial charge in [0.2, 0.25) is 0 Å². The molecule has 0 saturated carbocycles. The van der Waals surface area contributed by atoms with Crippen molar-refractivity contribution < 1.29 is 5.11 Å². The van der Waals surface area contributed by atoms with Crippen LogP contribution in [0, 0.1) is 4.91 Å². The van der Waals surface area contributed by atoms with Crippen LogP contribution in [0.5, 0.6) is 5.88 Å². The zero-order chi connectivity index (χ0) is 15.3. The van der Waals surface area contributed by atoms with E-state index in [-0.39, 0.29) is 11.6 Å². The molecule has 0 spiro atoms. The molecule has 6 heteroatoms. The molecule has 3 N–H and O–H groups in total. The first-order valence-corrected chi connectivity index (χ1v) is 7.01. The van der Waals surface area contributed by atoms with E-state index in [0.29, 0.717) is 21.7 Å². The first-order valence-electron chi connectivity index (χ1n) is 6.63. The number of benzene rings is 2. The first kappa shape index (κ1) is 12.9. The number of nitroso groups, excluding NO2 is 1. The highest BCUT2D eigenvalue weighted by Crippen LogP contribution is 2.44. The lowest BCUT2D eigenvalue weighted by Gasteiger charge is -1.99. The van der Waals surface area contributed by atoms with Gasteiger partial charge in [-0.25, -0.2) is 0 Å². The Bertz CT molecular complexity index is 1030. The average molecular weight is 312 g/mol. The topological polar surface area (TPSA) is 81.2 Å². The summed E-state index contributed by atoms with van der Waals surface area (Å²) in [5.74, 6) is -0.0336. The Morgan fingerprint density at radius 1 is 1.00 bits per heavy atom. The van der Waals surface area contributed by atoms with E-state index in [4.69, 9.17) is 11.6 Å².